The van der Waals surface area contributed by atoms with Crippen LogP contribution in [0, 0.1) is 82.3 Å². The summed E-state index contributed by atoms with van der Waals surface area (Å²) in [6.45, 7) is 11.0. The number of carbonyl (C=O) groups is 1. The molecule has 53 heavy (non-hydrogen) atoms. The maximum atomic E-state index is 12.7. The fourth-order valence-electron chi connectivity index (χ4n) is 8.53. The summed E-state index contributed by atoms with van der Waals surface area (Å²) < 4.78 is 0. The van der Waals surface area contributed by atoms with Crippen LogP contribution in [0.4, 0.5) is 0 Å². The van der Waals surface area contributed by atoms with Crippen molar-refractivity contribution in [1.29, 1.82) is 10.5 Å². The number of rotatable bonds is 11. The van der Waals surface area contributed by atoms with Crippen molar-refractivity contribution >= 4 is 18.4 Å². The van der Waals surface area contributed by atoms with Crippen LogP contribution < -0.4 is 5.32 Å². The van der Waals surface area contributed by atoms with Crippen LogP contribution >= 0.6 is 0 Å². The molecule has 269 valence electrons. The molecule has 6 rings (SSSR count). The fourth-order valence-corrected chi connectivity index (χ4v) is 8.53. The number of nitriles is 2. The Hall–Kier alpha value is -5.17. The summed E-state index contributed by atoms with van der Waals surface area (Å²) >= 11 is 0. The Balaban J connectivity index is 1.09. The molecule has 2 saturated carbocycles. The molecule has 2 aromatic carbocycles. The third-order valence-electron chi connectivity index (χ3n) is 12.2. The van der Waals surface area contributed by atoms with Gasteiger partial charge in [-0.15, -0.1) is 0 Å². The van der Waals surface area contributed by atoms with E-state index in [-0.39, 0.29) is 17.8 Å². The Morgan fingerprint density at radius 3 is 1.77 bits per heavy atom. The van der Waals surface area contributed by atoms with Crippen molar-refractivity contribution < 1.29 is 4.79 Å². The Morgan fingerprint density at radius 1 is 0.698 bits per heavy atom. The normalized spacial score (nSPS) is 27.3. The fraction of sp³-hybridized carbons (Fsp3) is 0.362. The standard InChI is InChI=1S/C47H50N5O/c1-31-13-14-37(43(33(31)3)21-19-41-17-15-38(28-51-41)45-11-7-5-9-35(45)24-48)26-50-27-40-23-32(2)34(4)44(47(40)30-53)22-20-42-18-16-39(29-52-42)46-12-8-6-10-36(46)25-49/h5-12,14-22,28-34,37,40,43-44,47,50H,13,23,26-27H2,1-4H3/b21-19+,22-20+/t31-,32-,33+,34+,37-,40?,43-,44-,47?/m0/s1. The van der Waals surface area contributed by atoms with Gasteiger partial charge in [0.2, 0.25) is 0 Å². The molecule has 2 aromatic heterocycles. The average molecular weight is 701 g/mol. The molecule has 6 heteroatoms. The second-order valence-corrected chi connectivity index (χ2v) is 15.3. The van der Waals surface area contributed by atoms with E-state index in [1.165, 1.54) is 6.29 Å². The first kappa shape index (κ1) is 37.6. The third kappa shape index (κ3) is 8.73. The van der Waals surface area contributed by atoms with Crippen LogP contribution in [-0.2, 0) is 4.79 Å². The van der Waals surface area contributed by atoms with Gasteiger partial charge >= 0.3 is 0 Å². The molecule has 2 heterocycles. The zero-order valence-corrected chi connectivity index (χ0v) is 31.3. The molecule has 1 N–H and O–H groups in total. The summed E-state index contributed by atoms with van der Waals surface area (Å²) in [7, 11) is 0. The molecule has 2 unspecified atom stereocenters. The van der Waals surface area contributed by atoms with E-state index in [4.69, 9.17) is 4.98 Å². The number of hydrogen-bond acceptors (Lipinski definition) is 6. The van der Waals surface area contributed by atoms with Crippen molar-refractivity contribution in [3.05, 3.63) is 126 Å². The highest BCUT2D eigenvalue weighted by atomic mass is 16.1. The third-order valence-corrected chi connectivity index (χ3v) is 12.2. The van der Waals surface area contributed by atoms with Crippen LogP contribution in [0.3, 0.4) is 0 Å². The van der Waals surface area contributed by atoms with Crippen molar-refractivity contribution in [2.45, 2.75) is 40.5 Å². The van der Waals surface area contributed by atoms with E-state index in [1.54, 1.807) is 0 Å². The molecular formula is C47H50N5O. The smallest absolute Gasteiger partial charge is 0.123 e. The minimum atomic E-state index is -0.0640. The van der Waals surface area contributed by atoms with Crippen LogP contribution in [0.2, 0.25) is 0 Å². The zero-order valence-electron chi connectivity index (χ0n) is 31.3. The van der Waals surface area contributed by atoms with Crippen LogP contribution in [0.25, 0.3) is 34.4 Å². The number of hydrogen-bond donors (Lipinski definition) is 1. The van der Waals surface area contributed by atoms with Crippen molar-refractivity contribution in [2.75, 3.05) is 13.1 Å². The van der Waals surface area contributed by atoms with Gasteiger partial charge in [0, 0.05) is 40.6 Å². The van der Waals surface area contributed by atoms with E-state index >= 15 is 0 Å². The maximum absolute atomic E-state index is 12.7. The van der Waals surface area contributed by atoms with Crippen molar-refractivity contribution in [1.82, 2.24) is 15.3 Å². The summed E-state index contributed by atoms with van der Waals surface area (Å²) in [5.41, 5.74) is 6.67. The maximum Gasteiger partial charge on any atom is 0.123 e. The molecule has 0 aliphatic heterocycles. The molecule has 6 nitrogen and oxygen atoms in total. The Morgan fingerprint density at radius 2 is 1.25 bits per heavy atom. The molecule has 2 aliphatic carbocycles. The highest BCUT2D eigenvalue weighted by Gasteiger charge is 2.40. The van der Waals surface area contributed by atoms with E-state index in [0.717, 1.165) is 59.6 Å². The number of benzene rings is 2. The van der Waals surface area contributed by atoms with E-state index in [2.05, 4.69) is 80.9 Å². The number of aromatic nitrogens is 2. The van der Waals surface area contributed by atoms with Gasteiger partial charge in [-0.2, -0.15) is 10.5 Å². The Labute approximate surface area is 315 Å². The van der Waals surface area contributed by atoms with Crippen LogP contribution in [-0.4, -0.2) is 29.3 Å². The van der Waals surface area contributed by atoms with Gasteiger partial charge in [-0.25, -0.2) is 0 Å². The minimum Gasteiger partial charge on any atom is -0.316 e. The van der Waals surface area contributed by atoms with E-state index in [1.807, 2.05) is 85.2 Å². The number of pyridine rings is 2. The molecule has 0 amide bonds. The second-order valence-electron chi connectivity index (χ2n) is 15.3. The predicted molar refractivity (Wildman–Crippen MR) is 213 cm³/mol. The summed E-state index contributed by atoms with van der Waals surface area (Å²) in [6.07, 6.45) is 18.3. The van der Waals surface area contributed by atoms with Gasteiger partial charge in [-0.05, 0) is 116 Å². The first-order valence-corrected chi connectivity index (χ1v) is 19.1. The molecule has 0 spiro atoms. The Bertz CT molecular complexity index is 1990. The summed E-state index contributed by atoms with van der Waals surface area (Å²) in [5.74, 6) is 3.10. The number of nitrogens with zero attached hydrogens (tertiary/aromatic N) is 4. The van der Waals surface area contributed by atoms with Crippen molar-refractivity contribution in [3.63, 3.8) is 0 Å². The monoisotopic (exact) mass is 700 g/mol. The van der Waals surface area contributed by atoms with E-state index in [0.29, 0.717) is 46.6 Å². The molecule has 4 aromatic rings. The number of nitrogens with one attached hydrogen (secondary N) is 1. The lowest BCUT2D eigenvalue weighted by molar-refractivity contribution is -0.116. The quantitative estimate of drug-likeness (QED) is 0.156. The zero-order chi connectivity index (χ0) is 37.3. The second kappa shape index (κ2) is 17.6. The SMILES string of the molecule is C[C@H]1[C@H](/C=C/c2ccc(-c3ccccc3C#N)cn2)[C@H](CNCC2C[C@H](C)[C@@H](C)[C@H](/C=C/c3ccc(-c4ccccc4C#N)cn3)C2C=O)[CH]C[C@@H]1C. The van der Waals surface area contributed by atoms with Gasteiger partial charge in [0.25, 0.3) is 0 Å². The number of allylic oxidation sites excluding steroid dienone is 2. The molecule has 1 radical (unpaired) electrons. The highest BCUT2D eigenvalue weighted by molar-refractivity contribution is 5.71. The van der Waals surface area contributed by atoms with Gasteiger partial charge in [0.15, 0.2) is 0 Å². The van der Waals surface area contributed by atoms with E-state index in [9.17, 15) is 15.3 Å². The van der Waals surface area contributed by atoms with Crippen LogP contribution in [0.15, 0.2) is 97.3 Å². The first-order valence-electron chi connectivity index (χ1n) is 19.1. The molecule has 2 fully saturated rings. The predicted octanol–water partition coefficient (Wildman–Crippen LogP) is 9.71. The van der Waals surface area contributed by atoms with Gasteiger partial charge in [0.1, 0.15) is 6.29 Å². The summed E-state index contributed by atoms with van der Waals surface area (Å²) in [4.78, 5) is 22.1. The van der Waals surface area contributed by atoms with Crippen molar-refractivity contribution in [3.8, 4) is 34.4 Å². The number of aldehydes is 1. The van der Waals surface area contributed by atoms with Gasteiger partial charge < -0.3 is 10.1 Å². The van der Waals surface area contributed by atoms with Crippen LogP contribution in [0.5, 0.6) is 0 Å². The first-order chi connectivity index (χ1) is 25.8. The molecular weight excluding hydrogens is 651 g/mol. The largest absolute Gasteiger partial charge is 0.316 e. The van der Waals surface area contributed by atoms with Crippen LogP contribution in [0.1, 0.15) is 63.1 Å². The molecule has 0 saturated heterocycles. The molecule has 2 aliphatic rings. The van der Waals surface area contributed by atoms with Gasteiger partial charge in [-0.3, -0.25) is 9.97 Å². The Kier molecular flexibility index (Phi) is 12.5. The van der Waals surface area contributed by atoms with Crippen molar-refractivity contribution in [2.24, 2.45) is 53.3 Å². The highest BCUT2D eigenvalue weighted by Crippen LogP contribution is 2.43. The lowest BCUT2D eigenvalue weighted by Gasteiger charge is -2.43. The lowest BCUT2D eigenvalue weighted by Crippen LogP contribution is -2.44. The number of carbonyl (C=O) groups excluding carboxylic acids is 1. The minimum absolute atomic E-state index is 0.0640. The molecule has 9 atom stereocenters. The summed E-state index contributed by atoms with van der Waals surface area (Å²) in [6, 6.07) is 27.8. The lowest BCUT2D eigenvalue weighted by atomic mass is 9.63. The summed E-state index contributed by atoms with van der Waals surface area (Å²) in [5, 5.41) is 22.9. The van der Waals surface area contributed by atoms with Gasteiger partial charge in [0.05, 0.1) is 34.7 Å². The average Bonchev–Trinajstić information content (AvgIpc) is 3.20. The topological polar surface area (TPSA) is 102 Å². The molecule has 0 bridgehead atoms. The van der Waals surface area contributed by atoms with E-state index < -0.39 is 0 Å². The van der Waals surface area contributed by atoms with Gasteiger partial charge in [-0.1, -0.05) is 88.4 Å².